The van der Waals surface area contributed by atoms with Crippen molar-refractivity contribution in [1.29, 1.82) is 0 Å². The van der Waals surface area contributed by atoms with Gasteiger partial charge in [0.2, 0.25) is 0 Å². The minimum atomic E-state index is -3.07. The molecule has 1 aromatic carbocycles. The average molecular weight is 383 g/mol. The van der Waals surface area contributed by atoms with Crippen molar-refractivity contribution >= 4 is 21.7 Å². The second kappa shape index (κ2) is 8.53. The summed E-state index contributed by atoms with van der Waals surface area (Å²) in [6.45, 7) is 5.24. The summed E-state index contributed by atoms with van der Waals surface area (Å²) in [5.74, 6) is -0.302. The van der Waals surface area contributed by atoms with Crippen LogP contribution in [0.3, 0.4) is 0 Å². The molecule has 0 aliphatic carbocycles. The zero-order chi connectivity index (χ0) is 19.3. The van der Waals surface area contributed by atoms with E-state index in [9.17, 15) is 18.0 Å². The van der Waals surface area contributed by atoms with Crippen molar-refractivity contribution in [1.82, 2.24) is 5.32 Å². The Hall–Kier alpha value is -2.09. The van der Waals surface area contributed by atoms with Crippen molar-refractivity contribution < 1.29 is 27.5 Å². The van der Waals surface area contributed by atoms with E-state index in [0.29, 0.717) is 12.2 Å². The molecule has 0 radical (unpaired) electrons. The van der Waals surface area contributed by atoms with Crippen molar-refractivity contribution in [2.24, 2.45) is 0 Å². The monoisotopic (exact) mass is 383 g/mol. The Morgan fingerprint density at radius 2 is 2.00 bits per heavy atom. The highest BCUT2D eigenvalue weighted by Gasteiger charge is 2.29. The molecule has 1 N–H and O–H groups in total. The maximum atomic E-state index is 11.8. The third kappa shape index (κ3) is 6.01. The van der Waals surface area contributed by atoms with Gasteiger partial charge < -0.3 is 14.8 Å². The molecule has 26 heavy (non-hydrogen) atoms. The molecule has 1 amide bonds. The van der Waals surface area contributed by atoms with Crippen LogP contribution >= 0.6 is 0 Å². The van der Waals surface area contributed by atoms with Gasteiger partial charge in [0, 0.05) is 6.04 Å². The summed E-state index contributed by atoms with van der Waals surface area (Å²) in [7, 11) is -3.07. The number of ether oxygens (including phenoxy) is 2. The average Bonchev–Trinajstić information content (AvgIpc) is 2.89. The number of rotatable bonds is 7. The Morgan fingerprint density at radius 1 is 1.27 bits per heavy atom. The highest BCUT2D eigenvalue weighted by Crippen LogP contribution is 2.27. The van der Waals surface area contributed by atoms with E-state index < -0.39 is 34.4 Å². The quantitative estimate of drug-likeness (QED) is 0.714. The Kier molecular flexibility index (Phi) is 6.63. The van der Waals surface area contributed by atoms with Gasteiger partial charge in [0.15, 0.2) is 23.1 Å². The molecule has 0 spiro atoms. The highest BCUT2D eigenvalue weighted by atomic mass is 32.2. The fraction of sp³-hybridized carbons (Fsp3) is 0.556. The van der Waals surface area contributed by atoms with E-state index in [4.69, 9.17) is 9.47 Å². The summed E-state index contributed by atoms with van der Waals surface area (Å²) < 4.78 is 33.2. The minimum absolute atomic E-state index is 0.0683. The normalized spacial score (nSPS) is 18.5. The lowest BCUT2D eigenvalue weighted by Gasteiger charge is -2.15. The second-order valence-corrected chi connectivity index (χ2v) is 9.04. The second-order valence-electron chi connectivity index (χ2n) is 6.81. The van der Waals surface area contributed by atoms with Crippen LogP contribution in [-0.2, 0) is 24.2 Å². The van der Waals surface area contributed by atoms with Crippen molar-refractivity contribution in [3.8, 4) is 5.75 Å². The van der Waals surface area contributed by atoms with Crippen LogP contribution in [0.4, 0.5) is 0 Å². The summed E-state index contributed by atoms with van der Waals surface area (Å²) in [4.78, 5) is 23.6. The van der Waals surface area contributed by atoms with E-state index in [2.05, 4.69) is 5.32 Å². The fourth-order valence-corrected chi connectivity index (χ4v) is 4.42. The van der Waals surface area contributed by atoms with Gasteiger partial charge in [-0.15, -0.1) is 0 Å². The number of amides is 1. The number of hydrogen-bond donors (Lipinski definition) is 1. The molecule has 1 aliphatic rings. The molecule has 0 saturated carbocycles. The molecule has 1 aliphatic heterocycles. The Labute approximate surface area is 154 Å². The van der Waals surface area contributed by atoms with E-state index >= 15 is 0 Å². The smallest absolute Gasteiger partial charge is 0.344 e. The topological polar surface area (TPSA) is 98.8 Å². The van der Waals surface area contributed by atoms with Crippen LogP contribution in [0, 0.1) is 6.92 Å². The molecule has 1 aromatic rings. The van der Waals surface area contributed by atoms with Gasteiger partial charge >= 0.3 is 5.97 Å². The predicted octanol–water partition coefficient (Wildman–Crippen LogP) is 1.34. The van der Waals surface area contributed by atoms with Gasteiger partial charge in [-0.1, -0.05) is 26.0 Å². The predicted molar refractivity (Wildman–Crippen MR) is 96.9 cm³/mol. The maximum absolute atomic E-state index is 11.8. The number of sulfone groups is 1. The molecule has 0 aromatic heterocycles. The summed E-state index contributed by atoms with van der Waals surface area (Å²) in [5, 5.41) is 2.56. The minimum Gasteiger partial charge on any atom is -0.482 e. The number of hydrogen-bond acceptors (Lipinski definition) is 6. The third-order valence-corrected chi connectivity index (χ3v) is 5.87. The van der Waals surface area contributed by atoms with Gasteiger partial charge in [-0.3, -0.25) is 4.79 Å². The standard InChI is InChI=1S/C18H25NO6S/c1-12(2)15-5-4-13(3)8-16(15)24-10-18(21)25-9-17(20)19-14-6-7-26(22,23)11-14/h4-5,8,12,14H,6-7,9-11H2,1-3H3,(H,19,20)/t14-/m1/s1. The fourth-order valence-electron chi connectivity index (χ4n) is 2.75. The molecular weight excluding hydrogens is 358 g/mol. The summed E-state index contributed by atoms with van der Waals surface area (Å²) in [6, 6.07) is 5.39. The van der Waals surface area contributed by atoms with Crippen LogP contribution < -0.4 is 10.1 Å². The Balaban J connectivity index is 1.77. The molecule has 1 fully saturated rings. The lowest BCUT2D eigenvalue weighted by Crippen LogP contribution is -2.38. The largest absolute Gasteiger partial charge is 0.482 e. The van der Waals surface area contributed by atoms with Gasteiger partial charge in [-0.05, 0) is 36.5 Å². The van der Waals surface area contributed by atoms with E-state index in [1.807, 2.05) is 39.0 Å². The van der Waals surface area contributed by atoms with Crippen molar-refractivity contribution in [2.75, 3.05) is 24.7 Å². The van der Waals surface area contributed by atoms with Gasteiger partial charge in [-0.25, -0.2) is 13.2 Å². The van der Waals surface area contributed by atoms with Gasteiger partial charge in [-0.2, -0.15) is 0 Å². The SMILES string of the molecule is Cc1ccc(C(C)C)c(OCC(=O)OCC(=O)N[C@@H]2CCS(=O)(=O)C2)c1. The van der Waals surface area contributed by atoms with Crippen LogP contribution in [-0.4, -0.2) is 51.1 Å². The third-order valence-electron chi connectivity index (χ3n) is 4.10. The van der Waals surface area contributed by atoms with Crippen molar-refractivity contribution in [3.05, 3.63) is 29.3 Å². The number of carbonyl (C=O) groups is 2. The number of benzene rings is 1. The lowest BCUT2D eigenvalue weighted by molar-refractivity contribution is -0.150. The maximum Gasteiger partial charge on any atom is 0.344 e. The van der Waals surface area contributed by atoms with Crippen LogP contribution in [0.5, 0.6) is 5.75 Å². The first-order chi connectivity index (χ1) is 12.2. The number of esters is 1. The van der Waals surface area contributed by atoms with Crippen molar-refractivity contribution in [2.45, 2.75) is 39.2 Å². The Bertz CT molecular complexity index is 772. The molecule has 1 atom stereocenters. The van der Waals surface area contributed by atoms with E-state index in [-0.39, 0.29) is 24.0 Å². The first-order valence-corrected chi connectivity index (χ1v) is 10.4. The van der Waals surface area contributed by atoms with Gasteiger partial charge in [0.05, 0.1) is 11.5 Å². The molecular formula is C18H25NO6S. The summed E-state index contributed by atoms with van der Waals surface area (Å²) in [5.41, 5.74) is 2.01. The van der Waals surface area contributed by atoms with E-state index in [0.717, 1.165) is 11.1 Å². The molecule has 8 heteroatoms. The number of aryl methyl sites for hydroxylation is 1. The molecule has 144 valence electrons. The summed E-state index contributed by atoms with van der Waals surface area (Å²) in [6.07, 6.45) is 0.385. The van der Waals surface area contributed by atoms with E-state index in [1.165, 1.54) is 0 Å². The Morgan fingerprint density at radius 3 is 2.62 bits per heavy atom. The first kappa shape index (κ1) is 20.2. The summed E-state index contributed by atoms with van der Waals surface area (Å²) >= 11 is 0. The lowest BCUT2D eigenvalue weighted by atomic mass is 10.0. The number of carbonyl (C=O) groups excluding carboxylic acids is 2. The van der Waals surface area contributed by atoms with Crippen molar-refractivity contribution in [3.63, 3.8) is 0 Å². The zero-order valence-electron chi connectivity index (χ0n) is 15.3. The number of nitrogens with one attached hydrogen (secondary N) is 1. The molecule has 1 heterocycles. The van der Waals surface area contributed by atoms with Crippen LogP contribution in [0.1, 0.15) is 37.3 Å². The molecule has 1 saturated heterocycles. The van der Waals surface area contributed by atoms with Gasteiger partial charge in [0.25, 0.3) is 5.91 Å². The van der Waals surface area contributed by atoms with Crippen LogP contribution in [0.25, 0.3) is 0 Å². The van der Waals surface area contributed by atoms with Crippen LogP contribution in [0.2, 0.25) is 0 Å². The molecule has 0 bridgehead atoms. The first-order valence-electron chi connectivity index (χ1n) is 8.55. The van der Waals surface area contributed by atoms with Gasteiger partial charge in [0.1, 0.15) is 5.75 Å². The molecule has 2 rings (SSSR count). The molecule has 0 unspecified atom stereocenters. The van der Waals surface area contributed by atoms with Crippen LogP contribution in [0.15, 0.2) is 18.2 Å². The zero-order valence-corrected chi connectivity index (χ0v) is 16.1. The van der Waals surface area contributed by atoms with E-state index in [1.54, 1.807) is 0 Å². The highest BCUT2D eigenvalue weighted by molar-refractivity contribution is 7.91. The molecule has 7 nitrogen and oxygen atoms in total.